The van der Waals surface area contributed by atoms with Crippen LogP contribution in [-0.2, 0) is 4.79 Å². The molecule has 0 saturated carbocycles. The van der Waals surface area contributed by atoms with Crippen LogP contribution in [0.4, 0.5) is 0 Å². The Bertz CT molecular complexity index is 487. The summed E-state index contributed by atoms with van der Waals surface area (Å²) in [4.78, 5) is 11.6. The fraction of sp³-hybridized carbons (Fsp3) is 0.467. The number of rotatable bonds is 7. The van der Waals surface area contributed by atoms with E-state index in [0.717, 1.165) is 35.0 Å². The Hall–Kier alpha value is -1.36. The van der Waals surface area contributed by atoms with E-state index >= 15 is 0 Å². The second-order valence-corrected chi connectivity index (χ2v) is 5.56. The fourth-order valence-corrected chi connectivity index (χ4v) is 2.15. The number of halogens is 1. The van der Waals surface area contributed by atoms with Crippen LogP contribution in [0.15, 0.2) is 27.8 Å². The summed E-state index contributed by atoms with van der Waals surface area (Å²) in [5.41, 5.74) is 4.56. The van der Waals surface area contributed by atoms with Crippen LogP contribution < -0.4 is 10.2 Å². The van der Waals surface area contributed by atoms with Gasteiger partial charge < -0.3 is 4.74 Å². The van der Waals surface area contributed by atoms with Gasteiger partial charge in [0, 0.05) is 5.71 Å². The molecule has 0 aliphatic carbocycles. The number of unbranched alkanes of at least 4 members (excludes halogenated alkanes) is 1. The maximum absolute atomic E-state index is 11.6. The molecule has 0 aliphatic rings. The molecule has 0 aromatic heterocycles. The number of carbonyl (C=O) groups is 1. The van der Waals surface area contributed by atoms with E-state index < -0.39 is 0 Å². The number of nitrogens with one attached hydrogen (secondary N) is 1. The molecule has 1 aromatic carbocycles. The molecule has 0 atom stereocenters. The van der Waals surface area contributed by atoms with Crippen LogP contribution in [0, 0.1) is 6.92 Å². The number of amides is 1. The molecule has 0 spiro atoms. The van der Waals surface area contributed by atoms with Crippen molar-refractivity contribution in [3.8, 4) is 5.75 Å². The first-order valence-electron chi connectivity index (χ1n) is 6.74. The summed E-state index contributed by atoms with van der Waals surface area (Å²) in [6.07, 6.45) is 3.10. The number of hydrogen-bond donors (Lipinski definition) is 1. The molecule has 0 saturated heterocycles. The number of hydrazone groups is 1. The van der Waals surface area contributed by atoms with Gasteiger partial charge in [-0.05, 0) is 60.3 Å². The zero-order valence-corrected chi connectivity index (χ0v) is 13.8. The molecule has 1 N–H and O–H groups in total. The second kappa shape index (κ2) is 8.74. The van der Waals surface area contributed by atoms with E-state index in [9.17, 15) is 4.79 Å². The molecule has 1 rings (SSSR count). The van der Waals surface area contributed by atoms with Gasteiger partial charge in [0.2, 0.25) is 0 Å². The first-order valence-corrected chi connectivity index (χ1v) is 7.53. The van der Waals surface area contributed by atoms with Crippen LogP contribution in [0.3, 0.4) is 0 Å². The third kappa shape index (κ3) is 6.19. The summed E-state index contributed by atoms with van der Waals surface area (Å²) in [6.45, 7) is 5.98. The van der Waals surface area contributed by atoms with Gasteiger partial charge in [0.25, 0.3) is 5.91 Å². The first-order chi connectivity index (χ1) is 9.52. The number of nitrogens with zero attached hydrogens (tertiary/aromatic N) is 1. The Morgan fingerprint density at radius 1 is 1.45 bits per heavy atom. The SMILES string of the molecule is CCCCC(C)=NNC(=O)COc1ccc(C)cc1Br. The van der Waals surface area contributed by atoms with Crippen molar-refractivity contribution in [2.24, 2.45) is 5.10 Å². The van der Waals surface area contributed by atoms with Crippen LogP contribution in [-0.4, -0.2) is 18.2 Å². The summed E-state index contributed by atoms with van der Waals surface area (Å²) in [5.74, 6) is 0.394. The van der Waals surface area contributed by atoms with Crippen LogP contribution in [0.25, 0.3) is 0 Å². The maximum Gasteiger partial charge on any atom is 0.277 e. The van der Waals surface area contributed by atoms with Crippen molar-refractivity contribution in [2.75, 3.05) is 6.61 Å². The van der Waals surface area contributed by atoms with E-state index in [1.54, 1.807) is 0 Å². The van der Waals surface area contributed by atoms with E-state index in [1.807, 2.05) is 32.0 Å². The molecule has 1 aromatic rings. The molecule has 110 valence electrons. The minimum atomic E-state index is -0.256. The minimum Gasteiger partial charge on any atom is -0.483 e. The lowest BCUT2D eigenvalue weighted by molar-refractivity contribution is -0.123. The Morgan fingerprint density at radius 2 is 2.20 bits per heavy atom. The summed E-state index contributed by atoms with van der Waals surface area (Å²) in [6, 6.07) is 5.72. The van der Waals surface area contributed by atoms with Gasteiger partial charge in [0.05, 0.1) is 4.47 Å². The average molecular weight is 341 g/mol. The zero-order chi connectivity index (χ0) is 15.0. The van der Waals surface area contributed by atoms with Gasteiger partial charge >= 0.3 is 0 Å². The molecule has 0 fully saturated rings. The maximum atomic E-state index is 11.6. The van der Waals surface area contributed by atoms with Gasteiger partial charge in [0.15, 0.2) is 6.61 Å². The van der Waals surface area contributed by atoms with Crippen molar-refractivity contribution in [3.63, 3.8) is 0 Å². The van der Waals surface area contributed by atoms with E-state index in [2.05, 4.69) is 33.4 Å². The first kappa shape index (κ1) is 16.7. The molecule has 0 radical (unpaired) electrons. The third-order valence-corrected chi connectivity index (χ3v) is 3.33. The highest BCUT2D eigenvalue weighted by Crippen LogP contribution is 2.25. The number of benzene rings is 1. The summed E-state index contributed by atoms with van der Waals surface area (Å²) in [7, 11) is 0. The predicted molar refractivity (Wildman–Crippen MR) is 85.2 cm³/mol. The number of ether oxygens (including phenoxy) is 1. The number of aryl methyl sites for hydroxylation is 1. The van der Waals surface area contributed by atoms with Crippen LogP contribution in [0.1, 0.15) is 38.7 Å². The number of carbonyl (C=O) groups excluding carboxylic acids is 1. The van der Waals surface area contributed by atoms with E-state index in [1.165, 1.54) is 0 Å². The largest absolute Gasteiger partial charge is 0.483 e. The summed E-state index contributed by atoms with van der Waals surface area (Å²) < 4.78 is 6.28. The lowest BCUT2D eigenvalue weighted by Crippen LogP contribution is -2.25. The Morgan fingerprint density at radius 3 is 2.85 bits per heavy atom. The van der Waals surface area contributed by atoms with Crippen molar-refractivity contribution in [1.29, 1.82) is 0 Å². The summed E-state index contributed by atoms with van der Waals surface area (Å²) >= 11 is 3.40. The van der Waals surface area contributed by atoms with Gasteiger partial charge in [-0.25, -0.2) is 5.43 Å². The van der Waals surface area contributed by atoms with Crippen LogP contribution >= 0.6 is 15.9 Å². The van der Waals surface area contributed by atoms with Crippen LogP contribution in [0.2, 0.25) is 0 Å². The standard InChI is InChI=1S/C15H21BrN2O2/c1-4-5-6-12(3)17-18-15(19)10-20-14-8-7-11(2)9-13(14)16/h7-9H,4-6,10H2,1-3H3,(H,18,19). The monoisotopic (exact) mass is 340 g/mol. The molecule has 4 nitrogen and oxygen atoms in total. The highest BCUT2D eigenvalue weighted by atomic mass is 79.9. The van der Waals surface area contributed by atoms with Crippen molar-refractivity contribution in [1.82, 2.24) is 5.43 Å². The second-order valence-electron chi connectivity index (χ2n) is 4.71. The van der Waals surface area contributed by atoms with Gasteiger partial charge in [0.1, 0.15) is 5.75 Å². The Kier molecular flexibility index (Phi) is 7.30. The Balaban J connectivity index is 2.39. The van der Waals surface area contributed by atoms with E-state index in [-0.39, 0.29) is 12.5 Å². The van der Waals surface area contributed by atoms with Crippen molar-refractivity contribution in [2.45, 2.75) is 40.0 Å². The lowest BCUT2D eigenvalue weighted by atomic mass is 10.2. The van der Waals surface area contributed by atoms with E-state index in [0.29, 0.717) is 5.75 Å². The molecule has 5 heteroatoms. The minimum absolute atomic E-state index is 0.0494. The quantitative estimate of drug-likeness (QED) is 0.605. The molecule has 1 amide bonds. The van der Waals surface area contributed by atoms with Crippen molar-refractivity contribution >= 4 is 27.5 Å². The molecule has 20 heavy (non-hydrogen) atoms. The van der Waals surface area contributed by atoms with Gasteiger partial charge in [-0.15, -0.1) is 0 Å². The fourth-order valence-electron chi connectivity index (χ4n) is 1.54. The van der Waals surface area contributed by atoms with Gasteiger partial charge in [-0.1, -0.05) is 19.4 Å². The molecule has 0 heterocycles. The smallest absolute Gasteiger partial charge is 0.277 e. The molecule has 0 bridgehead atoms. The lowest BCUT2D eigenvalue weighted by Gasteiger charge is -2.08. The topological polar surface area (TPSA) is 50.7 Å². The van der Waals surface area contributed by atoms with Crippen molar-refractivity contribution in [3.05, 3.63) is 28.2 Å². The summed E-state index contributed by atoms with van der Waals surface area (Å²) in [5, 5.41) is 4.04. The molecular weight excluding hydrogens is 320 g/mol. The highest BCUT2D eigenvalue weighted by molar-refractivity contribution is 9.10. The van der Waals surface area contributed by atoms with Gasteiger partial charge in [-0.2, -0.15) is 5.10 Å². The van der Waals surface area contributed by atoms with Gasteiger partial charge in [-0.3, -0.25) is 4.79 Å². The van der Waals surface area contributed by atoms with E-state index in [4.69, 9.17) is 4.74 Å². The highest BCUT2D eigenvalue weighted by Gasteiger charge is 2.05. The molecule has 0 aliphatic heterocycles. The Labute approximate surface area is 128 Å². The molecule has 0 unspecified atom stereocenters. The number of hydrogen-bond acceptors (Lipinski definition) is 3. The van der Waals surface area contributed by atoms with Crippen LogP contribution in [0.5, 0.6) is 5.75 Å². The third-order valence-electron chi connectivity index (χ3n) is 2.71. The predicted octanol–water partition coefficient (Wildman–Crippen LogP) is 3.82. The average Bonchev–Trinajstić information content (AvgIpc) is 2.41. The van der Waals surface area contributed by atoms with Crippen molar-refractivity contribution < 1.29 is 9.53 Å². The normalized spacial score (nSPS) is 11.3. The zero-order valence-electron chi connectivity index (χ0n) is 12.2. The molecular formula is C15H21BrN2O2.